The second-order valence-corrected chi connectivity index (χ2v) is 6.69. The molecule has 4 aromatic rings. The quantitative estimate of drug-likeness (QED) is 0.330. The molecule has 0 aliphatic heterocycles. The molecule has 0 saturated heterocycles. The third-order valence-corrected chi connectivity index (χ3v) is 4.66. The average molecular weight is 395 g/mol. The minimum Gasteiger partial charge on any atom is -0.469 e. The van der Waals surface area contributed by atoms with E-state index >= 15 is 0 Å². The molecule has 30 heavy (non-hydrogen) atoms. The Balaban J connectivity index is 1.52. The number of carbonyl (C=O) groups is 1. The van der Waals surface area contributed by atoms with E-state index in [0.717, 1.165) is 22.6 Å². The molecular weight excluding hydrogens is 374 g/mol. The van der Waals surface area contributed by atoms with Crippen LogP contribution in [0.15, 0.2) is 107 Å². The van der Waals surface area contributed by atoms with E-state index in [1.54, 1.807) is 19.2 Å². The Morgan fingerprint density at radius 2 is 1.40 bits per heavy atom. The summed E-state index contributed by atoms with van der Waals surface area (Å²) in [6, 6.07) is 30.0. The molecular formula is C25H21N3O2. The molecule has 1 amide bonds. The zero-order valence-electron chi connectivity index (χ0n) is 16.5. The Morgan fingerprint density at radius 3 is 1.93 bits per heavy atom. The van der Waals surface area contributed by atoms with Gasteiger partial charge in [0.15, 0.2) is 0 Å². The third kappa shape index (κ3) is 4.31. The summed E-state index contributed by atoms with van der Waals surface area (Å²) in [6.45, 7) is 1.74. The highest BCUT2D eigenvalue weighted by atomic mass is 16.3. The second kappa shape index (κ2) is 8.92. The molecule has 1 N–H and O–H groups in total. The number of carbonyl (C=O) groups excluding carboxylic acids is 1. The SMILES string of the molecule is Cc1occc1C(=O)N/N=C\c1ccc(N(c2ccccc2)c2ccccc2)cc1. The van der Waals surface area contributed by atoms with Crippen molar-refractivity contribution < 1.29 is 9.21 Å². The number of benzene rings is 3. The van der Waals surface area contributed by atoms with Crippen LogP contribution in [0.2, 0.25) is 0 Å². The lowest BCUT2D eigenvalue weighted by Crippen LogP contribution is -2.17. The predicted octanol–water partition coefficient (Wildman–Crippen LogP) is 5.82. The van der Waals surface area contributed by atoms with Gasteiger partial charge in [0.1, 0.15) is 5.76 Å². The number of nitrogens with one attached hydrogen (secondary N) is 1. The lowest BCUT2D eigenvalue weighted by atomic mass is 10.1. The fraction of sp³-hybridized carbons (Fsp3) is 0.0400. The fourth-order valence-corrected chi connectivity index (χ4v) is 3.16. The Labute approximate surface area is 175 Å². The Hall–Kier alpha value is -4.12. The summed E-state index contributed by atoms with van der Waals surface area (Å²) in [5, 5.41) is 4.05. The van der Waals surface area contributed by atoms with Crippen molar-refractivity contribution in [2.45, 2.75) is 6.92 Å². The zero-order valence-corrected chi connectivity index (χ0v) is 16.5. The highest BCUT2D eigenvalue weighted by Gasteiger charge is 2.12. The molecule has 5 nitrogen and oxygen atoms in total. The maximum atomic E-state index is 12.1. The van der Waals surface area contributed by atoms with Crippen LogP contribution in [0.4, 0.5) is 17.1 Å². The summed E-state index contributed by atoms with van der Waals surface area (Å²) in [7, 11) is 0. The molecule has 1 aromatic heterocycles. The Kier molecular flexibility index (Phi) is 5.71. The maximum absolute atomic E-state index is 12.1. The summed E-state index contributed by atoms with van der Waals surface area (Å²) < 4.78 is 5.14. The van der Waals surface area contributed by atoms with Crippen LogP contribution in [0.1, 0.15) is 21.7 Å². The van der Waals surface area contributed by atoms with Gasteiger partial charge in [-0.05, 0) is 55.0 Å². The lowest BCUT2D eigenvalue weighted by molar-refractivity contribution is 0.0953. The molecule has 148 valence electrons. The highest BCUT2D eigenvalue weighted by Crippen LogP contribution is 2.33. The van der Waals surface area contributed by atoms with Crippen LogP contribution in [-0.4, -0.2) is 12.1 Å². The standard InChI is InChI=1S/C25H21N3O2/c1-19-24(16-17-30-19)25(29)27-26-18-20-12-14-23(15-13-20)28(21-8-4-2-5-9-21)22-10-6-3-7-11-22/h2-18H,1H3,(H,27,29)/b26-18-. The van der Waals surface area contributed by atoms with Crippen molar-refractivity contribution in [3.05, 3.63) is 114 Å². The average Bonchev–Trinajstić information content (AvgIpc) is 3.22. The van der Waals surface area contributed by atoms with Gasteiger partial charge in [-0.1, -0.05) is 48.5 Å². The summed E-state index contributed by atoms with van der Waals surface area (Å²) in [5.74, 6) is 0.266. The monoisotopic (exact) mass is 395 g/mol. The lowest BCUT2D eigenvalue weighted by Gasteiger charge is -2.25. The number of hydrogen-bond acceptors (Lipinski definition) is 4. The molecule has 0 spiro atoms. The van der Waals surface area contributed by atoms with E-state index in [1.165, 1.54) is 6.26 Å². The van der Waals surface area contributed by atoms with Gasteiger partial charge in [-0.3, -0.25) is 4.79 Å². The van der Waals surface area contributed by atoms with Gasteiger partial charge in [-0.15, -0.1) is 0 Å². The predicted molar refractivity (Wildman–Crippen MR) is 120 cm³/mol. The van der Waals surface area contributed by atoms with Crippen LogP contribution in [-0.2, 0) is 0 Å². The van der Waals surface area contributed by atoms with Gasteiger partial charge in [0.25, 0.3) is 5.91 Å². The first kappa shape index (κ1) is 19.2. The minimum atomic E-state index is -0.298. The first-order valence-corrected chi connectivity index (χ1v) is 9.60. The van der Waals surface area contributed by atoms with E-state index in [9.17, 15) is 4.79 Å². The first-order chi connectivity index (χ1) is 14.7. The van der Waals surface area contributed by atoms with Crippen LogP contribution in [0, 0.1) is 6.92 Å². The van der Waals surface area contributed by atoms with Crippen LogP contribution in [0.3, 0.4) is 0 Å². The number of hydrazone groups is 1. The maximum Gasteiger partial charge on any atom is 0.274 e. The van der Waals surface area contributed by atoms with E-state index in [-0.39, 0.29) is 5.91 Å². The number of furan rings is 1. The molecule has 0 unspecified atom stereocenters. The topological polar surface area (TPSA) is 57.8 Å². The van der Waals surface area contributed by atoms with Gasteiger partial charge in [0, 0.05) is 17.1 Å². The van der Waals surface area contributed by atoms with Crippen molar-refractivity contribution in [3.63, 3.8) is 0 Å². The van der Waals surface area contributed by atoms with E-state index in [1.807, 2.05) is 60.7 Å². The van der Waals surface area contributed by atoms with Crippen molar-refractivity contribution in [1.82, 2.24) is 5.43 Å². The number of nitrogens with zero attached hydrogens (tertiary/aromatic N) is 2. The molecule has 5 heteroatoms. The first-order valence-electron chi connectivity index (χ1n) is 9.60. The number of para-hydroxylation sites is 2. The van der Waals surface area contributed by atoms with Crippen molar-refractivity contribution in [1.29, 1.82) is 0 Å². The van der Waals surface area contributed by atoms with E-state index < -0.39 is 0 Å². The fourth-order valence-electron chi connectivity index (χ4n) is 3.16. The third-order valence-electron chi connectivity index (χ3n) is 4.66. The Bertz CT molecular complexity index is 1090. The second-order valence-electron chi connectivity index (χ2n) is 6.69. The van der Waals surface area contributed by atoms with Gasteiger partial charge in [0.2, 0.25) is 0 Å². The number of anilines is 3. The molecule has 0 aliphatic rings. The molecule has 0 aliphatic carbocycles. The van der Waals surface area contributed by atoms with Gasteiger partial charge in [0.05, 0.1) is 18.0 Å². The number of hydrogen-bond donors (Lipinski definition) is 1. The van der Waals surface area contributed by atoms with Crippen LogP contribution in [0.25, 0.3) is 0 Å². The summed E-state index contributed by atoms with van der Waals surface area (Å²) in [5.41, 5.74) is 7.06. The van der Waals surface area contributed by atoms with Gasteiger partial charge in [-0.25, -0.2) is 5.43 Å². The van der Waals surface area contributed by atoms with E-state index in [0.29, 0.717) is 11.3 Å². The van der Waals surface area contributed by atoms with E-state index in [4.69, 9.17) is 4.42 Å². The van der Waals surface area contributed by atoms with Gasteiger partial charge in [-0.2, -0.15) is 5.10 Å². The summed E-state index contributed by atoms with van der Waals surface area (Å²) >= 11 is 0. The van der Waals surface area contributed by atoms with Gasteiger partial charge >= 0.3 is 0 Å². The van der Waals surface area contributed by atoms with E-state index in [2.05, 4.69) is 39.7 Å². The highest BCUT2D eigenvalue weighted by molar-refractivity contribution is 5.95. The van der Waals surface area contributed by atoms with Crippen molar-refractivity contribution in [2.24, 2.45) is 5.10 Å². The Morgan fingerprint density at radius 1 is 0.833 bits per heavy atom. The smallest absolute Gasteiger partial charge is 0.274 e. The largest absolute Gasteiger partial charge is 0.469 e. The summed E-state index contributed by atoms with van der Waals surface area (Å²) in [6.07, 6.45) is 3.10. The molecule has 0 bridgehead atoms. The molecule has 0 atom stereocenters. The van der Waals surface area contributed by atoms with Crippen LogP contribution >= 0.6 is 0 Å². The molecule has 0 saturated carbocycles. The normalized spacial score (nSPS) is 10.8. The van der Waals surface area contributed by atoms with Crippen molar-refractivity contribution in [3.8, 4) is 0 Å². The molecule has 4 rings (SSSR count). The zero-order chi connectivity index (χ0) is 20.8. The molecule has 0 radical (unpaired) electrons. The number of rotatable bonds is 6. The van der Waals surface area contributed by atoms with Crippen molar-refractivity contribution in [2.75, 3.05) is 4.90 Å². The van der Waals surface area contributed by atoms with Gasteiger partial charge < -0.3 is 9.32 Å². The minimum absolute atomic E-state index is 0.298. The van der Waals surface area contributed by atoms with Crippen molar-refractivity contribution >= 4 is 29.2 Å². The summed E-state index contributed by atoms with van der Waals surface area (Å²) in [4.78, 5) is 14.3. The molecule has 1 heterocycles. The number of amides is 1. The number of aryl methyl sites for hydroxylation is 1. The van der Waals surface area contributed by atoms with Crippen LogP contribution < -0.4 is 10.3 Å². The molecule has 0 fully saturated rings. The van der Waals surface area contributed by atoms with Crippen LogP contribution in [0.5, 0.6) is 0 Å². The molecule has 3 aromatic carbocycles.